The summed E-state index contributed by atoms with van der Waals surface area (Å²) < 4.78 is 17.0. The Morgan fingerprint density at radius 3 is 2.14 bits per heavy atom. The van der Waals surface area contributed by atoms with E-state index in [0.717, 1.165) is 35.0 Å². The van der Waals surface area contributed by atoms with Gasteiger partial charge in [0.1, 0.15) is 0 Å². The molecule has 0 amide bonds. The Balaban J connectivity index is 1.50. The van der Waals surface area contributed by atoms with E-state index in [1.54, 1.807) is 7.11 Å². The topological polar surface area (TPSA) is 40.6 Å². The van der Waals surface area contributed by atoms with Gasteiger partial charge in [0.2, 0.25) is 6.04 Å². The summed E-state index contributed by atoms with van der Waals surface area (Å²) in [5.41, 5.74) is 5.47. The van der Waals surface area contributed by atoms with Crippen LogP contribution in [0.25, 0.3) is 27.0 Å². The maximum absolute atomic E-state index is 7.70. The van der Waals surface area contributed by atoms with Crippen LogP contribution >= 0.6 is 15.9 Å². The first-order valence-electron chi connectivity index (χ1n) is 17.3. The average molecular weight is 735 g/mol. The second-order valence-electron chi connectivity index (χ2n) is 15.4. The molecule has 0 spiro atoms. The lowest BCUT2D eigenvalue weighted by Gasteiger charge is -2.44. The van der Waals surface area contributed by atoms with Crippen LogP contribution in [0.4, 0.5) is 0 Å². The molecule has 0 aliphatic heterocycles. The van der Waals surface area contributed by atoms with Crippen molar-refractivity contribution in [3.05, 3.63) is 124 Å². The van der Waals surface area contributed by atoms with Gasteiger partial charge in [0.25, 0.3) is 8.32 Å². The number of benzene rings is 3. The van der Waals surface area contributed by atoms with Crippen molar-refractivity contribution in [1.29, 1.82) is 0 Å². The molecule has 0 saturated heterocycles. The van der Waals surface area contributed by atoms with Crippen LogP contribution < -0.4 is 10.4 Å². The fourth-order valence-electron chi connectivity index (χ4n) is 7.73. The van der Waals surface area contributed by atoms with Gasteiger partial charge in [-0.3, -0.25) is 4.98 Å². The predicted molar refractivity (Wildman–Crippen MR) is 208 cm³/mol. The van der Waals surface area contributed by atoms with Crippen LogP contribution in [0.5, 0.6) is 0 Å². The first-order chi connectivity index (χ1) is 23.4. The van der Waals surface area contributed by atoms with Gasteiger partial charge in [-0.2, -0.15) is 0 Å². The van der Waals surface area contributed by atoms with Gasteiger partial charge in [-0.25, -0.2) is 6.57 Å². The number of nitrogens with zero attached hydrogens (tertiary/aromatic N) is 3. The zero-order chi connectivity index (χ0) is 35.0. The van der Waals surface area contributed by atoms with Crippen molar-refractivity contribution in [1.82, 2.24) is 9.55 Å². The van der Waals surface area contributed by atoms with Gasteiger partial charge in [0, 0.05) is 59.7 Å². The number of pyridine rings is 1. The molecule has 2 aromatic heterocycles. The molecule has 1 aliphatic carbocycles. The van der Waals surface area contributed by atoms with Crippen LogP contribution in [0.3, 0.4) is 0 Å². The fourth-order valence-corrected chi connectivity index (χ4v) is 12.9. The molecule has 3 aromatic carbocycles. The third-order valence-electron chi connectivity index (χ3n) is 10.3. The highest BCUT2D eigenvalue weighted by atomic mass is 79.9. The molecule has 0 N–H and O–H groups in total. The second-order valence-corrected chi connectivity index (χ2v) is 20.6. The molecule has 1 atom stereocenters. The van der Waals surface area contributed by atoms with Crippen LogP contribution in [0.15, 0.2) is 102 Å². The molecule has 5 aromatic rings. The molecular weight excluding hydrogens is 686 g/mol. The summed E-state index contributed by atoms with van der Waals surface area (Å²) in [5.74, 6) is 0. The third kappa shape index (κ3) is 6.69. The molecule has 7 heteroatoms. The van der Waals surface area contributed by atoms with E-state index >= 15 is 0 Å². The number of methoxy groups -OCH3 is 1. The summed E-state index contributed by atoms with van der Waals surface area (Å²) in [6.45, 7) is 22.1. The molecule has 1 saturated carbocycles. The van der Waals surface area contributed by atoms with E-state index in [1.807, 2.05) is 12.3 Å². The van der Waals surface area contributed by atoms with E-state index in [2.05, 4.69) is 152 Å². The number of fused-ring (bicyclic) bond motifs is 1. The van der Waals surface area contributed by atoms with Crippen molar-refractivity contribution in [3.8, 4) is 11.3 Å². The molecule has 2 heterocycles. The van der Waals surface area contributed by atoms with E-state index in [9.17, 15) is 0 Å². The fraction of sp³-hybridized carbons (Fsp3) is 0.381. The first kappa shape index (κ1) is 35.3. The molecule has 0 bridgehead atoms. The Morgan fingerprint density at radius 2 is 1.57 bits per heavy atom. The van der Waals surface area contributed by atoms with E-state index < -0.39 is 8.32 Å². The van der Waals surface area contributed by atoms with Crippen LogP contribution in [0, 0.1) is 12.0 Å². The molecule has 49 heavy (non-hydrogen) atoms. The van der Waals surface area contributed by atoms with Gasteiger partial charge >= 0.3 is 0 Å². The smallest absolute Gasteiger partial charge is 0.261 e. The zero-order valence-electron chi connectivity index (χ0n) is 29.8. The van der Waals surface area contributed by atoms with Crippen molar-refractivity contribution in [2.24, 2.45) is 5.41 Å². The normalized spacial score (nSPS) is 17.4. The number of hydrogen-bond acceptors (Lipinski definition) is 3. The van der Waals surface area contributed by atoms with E-state index in [1.165, 1.54) is 32.5 Å². The monoisotopic (exact) mass is 733 g/mol. The summed E-state index contributed by atoms with van der Waals surface area (Å²) in [6.07, 6.45) is 4.19. The maximum Gasteiger partial charge on any atom is 0.261 e. The minimum Gasteiger partial charge on any atom is -0.407 e. The lowest BCUT2D eigenvalue weighted by Crippen LogP contribution is -2.67. The SMILES string of the molecule is [C-]#[N+]C1CC(n2c(-c3cccnc3[C@H](C)OC)c(CC(C)(C)CO[Si](c3ccccc3)(c3ccccc3)C(C)(C)C)c3cc(Br)ccc32)C1. The van der Waals surface area contributed by atoms with Gasteiger partial charge < -0.3 is 18.6 Å². The molecule has 254 valence electrons. The van der Waals surface area contributed by atoms with E-state index in [4.69, 9.17) is 20.7 Å². The highest BCUT2D eigenvalue weighted by Crippen LogP contribution is 2.47. The van der Waals surface area contributed by atoms with Crippen LogP contribution in [0.1, 0.15) is 77.8 Å². The van der Waals surface area contributed by atoms with Gasteiger partial charge in [-0.05, 0) is 70.1 Å². The highest BCUT2D eigenvalue weighted by Gasteiger charge is 2.51. The minimum atomic E-state index is -2.73. The summed E-state index contributed by atoms with van der Waals surface area (Å²) in [4.78, 5) is 8.77. The van der Waals surface area contributed by atoms with Crippen LogP contribution in [-0.2, 0) is 15.6 Å². The number of ether oxygens (including phenoxy) is 1. The lowest BCUT2D eigenvalue weighted by molar-refractivity contribution is 0.116. The van der Waals surface area contributed by atoms with Gasteiger partial charge in [-0.15, -0.1) is 0 Å². The zero-order valence-corrected chi connectivity index (χ0v) is 32.4. The number of aromatic nitrogens is 2. The van der Waals surface area contributed by atoms with Crippen molar-refractivity contribution >= 4 is 45.5 Å². The highest BCUT2D eigenvalue weighted by molar-refractivity contribution is 9.10. The Kier molecular flexibility index (Phi) is 10.1. The number of hydrogen-bond donors (Lipinski definition) is 0. The standard InChI is InChI=1S/C42H48BrN3O2Si/c1-29(47-8)39-35(20-15-23-45-39)40-37(36-24-30(43)21-22-38(36)46(40)32-25-31(26-32)44-7)27-42(5,6)28-48-49(41(2,3)4,33-16-11-9-12-17-33)34-18-13-10-14-19-34/h9-24,29,31-32H,25-28H2,1-6,8H3/t29-,31?,32?/m0/s1. The maximum atomic E-state index is 7.70. The second kappa shape index (κ2) is 14.0. The van der Waals surface area contributed by atoms with Gasteiger partial charge in [-0.1, -0.05) is 111 Å². The summed E-state index contributed by atoms with van der Waals surface area (Å²) >= 11 is 3.80. The van der Waals surface area contributed by atoms with Crippen molar-refractivity contribution in [2.45, 2.75) is 84.0 Å². The number of halogens is 1. The van der Waals surface area contributed by atoms with Gasteiger partial charge in [0.05, 0.1) is 17.5 Å². The first-order valence-corrected chi connectivity index (χ1v) is 20.0. The summed E-state index contributed by atoms with van der Waals surface area (Å²) in [7, 11) is -0.990. The van der Waals surface area contributed by atoms with Gasteiger partial charge in [0.15, 0.2) is 0 Å². The van der Waals surface area contributed by atoms with E-state index in [0.29, 0.717) is 6.61 Å². The largest absolute Gasteiger partial charge is 0.407 e. The molecular formula is C42H48BrN3O2Si. The Hall–Kier alpha value is -3.54. The van der Waals surface area contributed by atoms with E-state index in [-0.39, 0.29) is 28.6 Å². The van der Waals surface area contributed by atoms with Crippen LogP contribution in [-0.4, -0.2) is 37.6 Å². The third-order valence-corrected chi connectivity index (χ3v) is 15.8. The lowest BCUT2D eigenvalue weighted by atomic mass is 9.84. The molecule has 5 nitrogen and oxygen atoms in total. The van der Waals surface area contributed by atoms with Crippen molar-refractivity contribution in [2.75, 3.05) is 13.7 Å². The average Bonchev–Trinajstić information content (AvgIpc) is 3.36. The molecule has 6 rings (SSSR count). The van der Waals surface area contributed by atoms with Crippen LogP contribution in [0.2, 0.25) is 5.04 Å². The Morgan fingerprint density at radius 1 is 0.939 bits per heavy atom. The molecule has 1 aliphatic rings. The predicted octanol–water partition coefficient (Wildman–Crippen LogP) is 9.94. The molecule has 0 radical (unpaired) electrons. The Bertz CT molecular complexity index is 1910. The molecule has 0 unspecified atom stereocenters. The minimum absolute atomic E-state index is 0.0664. The molecule has 1 fully saturated rings. The van der Waals surface area contributed by atoms with Crippen molar-refractivity contribution < 1.29 is 9.16 Å². The summed E-state index contributed by atoms with van der Waals surface area (Å²) in [5, 5.41) is 3.70. The summed E-state index contributed by atoms with van der Waals surface area (Å²) in [6, 6.07) is 33.0. The quantitative estimate of drug-likeness (QED) is 0.100. The van der Waals surface area contributed by atoms with Crippen molar-refractivity contribution in [3.63, 3.8) is 0 Å². The Labute approximate surface area is 301 Å². The number of rotatable bonds is 11.